The van der Waals surface area contributed by atoms with E-state index in [0.717, 1.165) is 18.7 Å². The number of nitrogens with zero attached hydrogens (tertiary/aromatic N) is 1. The minimum absolute atomic E-state index is 0.229. The summed E-state index contributed by atoms with van der Waals surface area (Å²) in [5, 5.41) is 3.47. The Balaban J connectivity index is 2.25. The molecule has 1 amide bonds. The molecule has 110 valence electrons. The maximum atomic E-state index is 13.0. The van der Waals surface area contributed by atoms with Crippen LogP contribution in [0.1, 0.15) is 38.8 Å². The van der Waals surface area contributed by atoms with Crippen molar-refractivity contribution < 1.29 is 4.79 Å². The zero-order valence-corrected chi connectivity index (χ0v) is 13.2. The maximum absolute atomic E-state index is 13.0. The fourth-order valence-corrected chi connectivity index (χ4v) is 3.28. The maximum Gasteiger partial charge on any atom is 0.232 e. The molecule has 0 aromatic heterocycles. The quantitative estimate of drug-likeness (QED) is 0.898. The second-order valence-electron chi connectivity index (χ2n) is 6.62. The first-order valence-electron chi connectivity index (χ1n) is 7.44. The number of hydrogen-bond acceptors (Lipinski definition) is 2. The minimum atomic E-state index is -0.470. The van der Waals surface area contributed by atoms with Gasteiger partial charge in [0, 0.05) is 25.2 Å². The van der Waals surface area contributed by atoms with Crippen LogP contribution in [0.2, 0.25) is 0 Å². The summed E-state index contributed by atoms with van der Waals surface area (Å²) in [6.45, 7) is 12.0. The van der Waals surface area contributed by atoms with Crippen molar-refractivity contribution >= 4 is 5.91 Å². The van der Waals surface area contributed by atoms with Crippen LogP contribution in [0.3, 0.4) is 0 Å². The largest absolute Gasteiger partial charge is 0.339 e. The number of aryl methyl sites for hydroxylation is 1. The number of amides is 1. The topological polar surface area (TPSA) is 32.3 Å². The van der Waals surface area contributed by atoms with Crippen LogP contribution < -0.4 is 5.32 Å². The van der Waals surface area contributed by atoms with Gasteiger partial charge in [-0.1, -0.05) is 24.3 Å². The summed E-state index contributed by atoms with van der Waals surface area (Å²) in [6.07, 6.45) is 0. The van der Waals surface area contributed by atoms with Crippen LogP contribution in [0, 0.1) is 6.92 Å². The molecule has 1 fully saturated rings. The van der Waals surface area contributed by atoms with Crippen molar-refractivity contribution in [3.8, 4) is 0 Å². The Kier molecular flexibility index (Phi) is 4.19. The van der Waals surface area contributed by atoms with Crippen molar-refractivity contribution in [1.82, 2.24) is 10.2 Å². The third kappa shape index (κ3) is 2.88. The zero-order chi connectivity index (χ0) is 14.9. The summed E-state index contributed by atoms with van der Waals surface area (Å²) in [5.41, 5.74) is 1.84. The first-order valence-corrected chi connectivity index (χ1v) is 7.44. The molecular weight excluding hydrogens is 248 g/mol. The highest BCUT2D eigenvalue weighted by Gasteiger charge is 2.37. The van der Waals surface area contributed by atoms with Gasteiger partial charge in [-0.25, -0.2) is 0 Å². The smallest absolute Gasteiger partial charge is 0.232 e. The fourth-order valence-electron chi connectivity index (χ4n) is 3.28. The van der Waals surface area contributed by atoms with E-state index in [0.29, 0.717) is 12.1 Å². The van der Waals surface area contributed by atoms with Crippen LogP contribution >= 0.6 is 0 Å². The monoisotopic (exact) mass is 274 g/mol. The summed E-state index contributed by atoms with van der Waals surface area (Å²) in [7, 11) is 0. The standard InChI is InChI=1S/C17H26N2O/c1-12-8-6-7-9-15(12)17(4,5)16(20)19-10-13(2)18-14(3)11-19/h6-9,13-14,18H,10-11H2,1-5H3/t13-,14-/m0/s1. The summed E-state index contributed by atoms with van der Waals surface area (Å²) >= 11 is 0. The summed E-state index contributed by atoms with van der Waals surface area (Å²) in [4.78, 5) is 15.0. The van der Waals surface area contributed by atoms with Crippen molar-refractivity contribution in [2.75, 3.05) is 13.1 Å². The number of carbonyl (C=O) groups is 1. The normalized spacial score (nSPS) is 23.8. The first kappa shape index (κ1) is 15.0. The van der Waals surface area contributed by atoms with Gasteiger partial charge >= 0.3 is 0 Å². The van der Waals surface area contributed by atoms with Gasteiger partial charge in [0.2, 0.25) is 5.91 Å². The number of hydrogen-bond donors (Lipinski definition) is 1. The van der Waals surface area contributed by atoms with Crippen LogP contribution in [-0.2, 0) is 10.2 Å². The number of piperazine rings is 1. The molecular formula is C17H26N2O. The SMILES string of the molecule is Cc1ccccc1C(C)(C)C(=O)N1C[C@H](C)N[C@@H](C)C1. The molecule has 1 aromatic rings. The van der Waals surface area contributed by atoms with Crippen LogP contribution in [0.15, 0.2) is 24.3 Å². The molecule has 0 radical (unpaired) electrons. The molecule has 1 aromatic carbocycles. The highest BCUT2D eigenvalue weighted by molar-refractivity contribution is 5.88. The van der Waals surface area contributed by atoms with Gasteiger partial charge in [-0.2, -0.15) is 0 Å². The number of nitrogens with one attached hydrogen (secondary N) is 1. The Bertz CT molecular complexity index is 486. The third-order valence-electron chi connectivity index (χ3n) is 4.20. The van der Waals surface area contributed by atoms with E-state index in [2.05, 4.69) is 38.2 Å². The molecule has 1 aliphatic rings. The summed E-state index contributed by atoms with van der Waals surface area (Å²) in [5.74, 6) is 0.229. The van der Waals surface area contributed by atoms with E-state index in [1.807, 2.05) is 30.9 Å². The molecule has 1 saturated heterocycles. The van der Waals surface area contributed by atoms with Gasteiger partial charge in [0.25, 0.3) is 0 Å². The molecule has 1 heterocycles. The minimum Gasteiger partial charge on any atom is -0.339 e. The zero-order valence-electron chi connectivity index (χ0n) is 13.2. The van der Waals surface area contributed by atoms with E-state index in [1.165, 1.54) is 5.56 Å². The van der Waals surface area contributed by atoms with Crippen LogP contribution in [0.4, 0.5) is 0 Å². The van der Waals surface area contributed by atoms with Gasteiger partial charge in [-0.3, -0.25) is 4.79 Å². The van der Waals surface area contributed by atoms with E-state index in [1.54, 1.807) is 0 Å². The van der Waals surface area contributed by atoms with Gasteiger partial charge in [-0.05, 0) is 45.7 Å². The highest BCUT2D eigenvalue weighted by Crippen LogP contribution is 2.29. The third-order valence-corrected chi connectivity index (χ3v) is 4.20. The summed E-state index contributed by atoms with van der Waals surface area (Å²) in [6, 6.07) is 8.90. The molecule has 2 atom stereocenters. The molecule has 1 N–H and O–H groups in total. The number of carbonyl (C=O) groups excluding carboxylic acids is 1. The Morgan fingerprint density at radius 3 is 2.30 bits per heavy atom. The summed E-state index contributed by atoms with van der Waals surface area (Å²) < 4.78 is 0. The Morgan fingerprint density at radius 1 is 1.20 bits per heavy atom. The van der Waals surface area contributed by atoms with E-state index >= 15 is 0 Å². The molecule has 0 bridgehead atoms. The number of benzene rings is 1. The molecule has 2 rings (SSSR count). The highest BCUT2D eigenvalue weighted by atomic mass is 16.2. The average Bonchev–Trinajstić information content (AvgIpc) is 2.37. The lowest BCUT2D eigenvalue weighted by Gasteiger charge is -2.40. The van der Waals surface area contributed by atoms with Gasteiger partial charge in [0.1, 0.15) is 0 Å². The lowest BCUT2D eigenvalue weighted by Crippen LogP contribution is -2.58. The van der Waals surface area contributed by atoms with E-state index < -0.39 is 5.41 Å². The van der Waals surface area contributed by atoms with Crippen molar-refractivity contribution in [3.05, 3.63) is 35.4 Å². The van der Waals surface area contributed by atoms with Crippen molar-refractivity contribution in [2.24, 2.45) is 0 Å². The predicted octanol–water partition coefficient (Wildman–Crippen LogP) is 2.48. The molecule has 1 aliphatic heterocycles. The molecule has 20 heavy (non-hydrogen) atoms. The Hall–Kier alpha value is -1.35. The predicted molar refractivity (Wildman–Crippen MR) is 82.8 cm³/mol. The van der Waals surface area contributed by atoms with Crippen molar-refractivity contribution in [2.45, 2.75) is 52.1 Å². The molecule has 0 unspecified atom stereocenters. The number of rotatable bonds is 2. The van der Waals surface area contributed by atoms with Gasteiger partial charge in [0.05, 0.1) is 5.41 Å². The lowest BCUT2D eigenvalue weighted by molar-refractivity contribution is -0.138. The molecule has 3 heteroatoms. The van der Waals surface area contributed by atoms with E-state index in [9.17, 15) is 4.79 Å². The Labute approximate surface area is 122 Å². The molecule has 0 saturated carbocycles. The fraction of sp³-hybridized carbons (Fsp3) is 0.588. The first-order chi connectivity index (χ1) is 9.32. The van der Waals surface area contributed by atoms with Gasteiger partial charge in [-0.15, -0.1) is 0 Å². The average molecular weight is 274 g/mol. The van der Waals surface area contributed by atoms with Crippen LogP contribution in [-0.4, -0.2) is 36.0 Å². The van der Waals surface area contributed by atoms with Crippen LogP contribution in [0.25, 0.3) is 0 Å². The van der Waals surface area contributed by atoms with Crippen LogP contribution in [0.5, 0.6) is 0 Å². The lowest BCUT2D eigenvalue weighted by atomic mass is 9.80. The Morgan fingerprint density at radius 2 is 1.75 bits per heavy atom. The van der Waals surface area contributed by atoms with Gasteiger partial charge < -0.3 is 10.2 Å². The molecule has 3 nitrogen and oxygen atoms in total. The molecule has 0 spiro atoms. The van der Waals surface area contributed by atoms with Crippen molar-refractivity contribution in [3.63, 3.8) is 0 Å². The second kappa shape index (κ2) is 5.57. The van der Waals surface area contributed by atoms with Crippen molar-refractivity contribution in [1.29, 1.82) is 0 Å². The second-order valence-corrected chi connectivity index (χ2v) is 6.62. The van der Waals surface area contributed by atoms with Gasteiger partial charge in [0.15, 0.2) is 0 Å². The van der Waals surface area contributed by atoms with E-state index in [-0.39, 0.29) is 5.91 Å². The molecule has 0 aliphatic carbocycles. The van der Waals surface area contributed by atoms with E-state index in [4.69, 9.17) is 0 Å².